The summed E-state index contributed by atoms with van der Waals surface area (Å²) in [5.41, 5.74) is 2.15. The minimum Gasteiger partial charge on any atom is -1.00 e. The van der Waals surface area contributed by atoms with Gasteiger partial charge in [0.15, 0.2) is 18.0 Å². The highest BCUT2D eigenvalue weighted by atomic mass is 79.9. The molecule has 0 saturated heterocycles. The van der Waals surface area contributed by atoms with Crippen LogP contribution in [0.3, 0.4) is 0 Å². The van der Waals surface area contributed by atoms with E-state index in [9.17, 15) is 5.11 Å². The molecule has 6 heteroatoms. The van der Waals surface area contributed by atoms with Crippen molar-refractivity contribution in [3.63, 3.8) is 0 Å². The van der Waals surface area contributed by atoms with Gasteiger partial charge in [-0.3, -0.25) is 0 Å². The Morgan fingerprint density at radius 3 is 2.67 bits per heavy atom. The molecule has 0 spiro atoms. The number of aliphatic hydroxyl groups is 1. The van der Waals surface area contributed by atoms with Gasteiger partial charge in [-0.05, 0) is 44.2 Å². The number of thioether (sulfide) groups is 1. The third-order valence-corrected chi connectivity index (χ3v) is 6.21. The van der Waals surface area contributed by atoms with E-state index in [1.165, 1.54) is 5.56 Å². The van der Waals surface area contributed by atoms with Crippen LogP contribution in [0.4, 0.5) is 5.69 Å². The second-order valence-corrected chi connectivity index (χ2v) is 7.87. The Morgan fingerprint density at radius 1 is 1.19 bits per heavy atom. The van der Waals surface area contributed by atoms with Crippen LogP contribution >= 0.6 is 11.8 Å². The molecule has 1 unspecified atom stereocenters. The van der Waals surface area contributed by atoms with Crippen molar-refractivity contribution in [3.05, 3.63) is 59.7 Å². The van der Waals surface area contributed by atoms with Crippen LogP contribution in [0.1, 0.15) is 24.5 Å². The Kier molecular flexibility index (Phi) is 6.18. The highest BCUT2D eigenvalue weighted by Crippen LogP contribution is 2.40. The molecule has 0 saturated carbocycles. The zero-order valence-corrected chi connectivity index (χ0v) is 18.1. The number of hydrogen-bond acceptors (Lipinski definition) is 4. The lowest BCUT2D eigenvalue weighted by molar-refractivity contribution is -0.656. The smallest absolute Gasteiger partial charge is 0.316 e. The van der Waals surface area contributed by atoms with Gasteiger partial charge in [0.25, 0.3) is 5.72 Å². The average Bonchev–Trinajstić information content (AvgIpc) is 2.97. The number of rotatable bonds is 4. The minimum absolute atomic E-state index is 0. The Bertz CT molecular complexity index is 840. The molecule has 2 aromatic carbocycles. The van der Waals surface area contributed by atoms with Crippen LogP contribution in [0.15, 0.2) is 48.5 Å². The number of anilines is 1. The Balaban J connectivity index is 0.00000210. The van der Waals surface area contributed by atoms with E-state index in [1.807, 2.05) is 49.0 Å². The molecule has 0 fully saturated rings. The summed E-state index contributed by atoms with van der Waals surface area (Å²) < 4.78 is 8.02. The van der Waals surface area contributed by atoms with Crippen LogP contribution < -0.4 is 26.6 Å². The van der Waals surface area contributed by atoms with Crippen molar-refractivity contribution in [1.29, 1.82) is 0 Å². The molecule has 0 amide bonds. The molecule has 4 rings (SSSR count). The van der Waals surface area contributed by atoms with Crippen molar-refractivity contribution >= 4 is 22.6 Å². The number of ether oxygens (including phenoxy) is 1. The van der Waals surface area contributed by atoms with E-state index in [1.54, 1.807) is 0 Å². The molecule has 0 radical (unpaired) electrons. The maximum absolute atomic E-state index is 11.7. The van der Waals surface area contributed by atoms with E-state index in [-0.39, 0.29) is 17.0 Å². The van der Waals surface area contributed by atoms with Crippen LogP contribution in [-0.2, 0) is 5.72 Å². The van der Waals surface area contributed by atoms with Crippen LogP contribution in [0.2, 0.25) is 0 Å². The number of aryl methyl sites for hydroxylation is 1. The van der Waals surface area contributed by atoms with E-state index in [2.05, 4.69) is 34.6 Å². The molecule has 0 aromatic heterocycles. The highest BCUT2D eigenvalue weighted by Gasteiger charge is 2.53. The lowest BCUT2D eigenvalue weighted by Gasteiger charge is -2.24. The number of nitrogens with zero attached hydrogens (tertiary/aromatic N) is 2. The molecule has 0 bridgehead atoms. The van der Waals surface area contributed by atoms with E-state index in [4.69, 9.17) is 4.74 Å². The fourth-order valence-electron chi connectivity index (χ4n) is 3.71. The Labute approximate surface area is 175 Å². The maximum Gasteiger partial charge on any atom is 0.316 e. The number of β-amino-alcohol motifs (C(OH)–C–C–N with tert-alkyl or cyclic N) is 1. The predicted octanol–water partition coefficient (Wildman–Crippen LogP) is 0.568. The van der Waals surface area contributed by atoms with Crippen LogP contribution in [0.25, 0.3) is 0 Å². The number of para-hydroxylation sites is 2. The van der Waals surface area contributed by atoms with Crippen molar-refractivity contribution in [2.24, 2.45) is 0 Å². The summed E-state index contributed by atoms with van der Waals surface area (Å²) in [5.74, 6) is 1.94. The van der Waals surface area contributed by atoms with Gasteiger partial charge in [0.05, 0.1) is 13.2 Å². The summed E-state index contributed by atoms with van der Waals surface area (Å²) in [4.78, 5) is 2.22. The van der Waals surface area contributed by atoms with Crippen molar-refractivity contribution < 1.29 is 31.4 Å². The van der Waals surface area contributed by atoms with E-state index < -0.39 is 5.72 Å². The number of halogens is 1. The van der Waals surface area contributed by atoms with E-state index in [0.29, 0.717) is 13.2 Å². The normalized spacial score (nSPS) is 21.7. The predicted molar refractivity (Wildman–Crippen MR) is 107 cm³/mol. The van der Waals surface area contributed by atoms with Crippen molar-refractivity contribution in [1.82, 2.24) is 0 Å². The summed E-state index contributed by atoms with van der Waals surface area (Å²) in [7, 11) is 0. The minimum atomic E-state index is -1.02. The molecule has 2 heterocycles. The fourth-order valence-corrected chi connectivity index (χ4v) is 4.89. The number of hydrogen-bond donors (Lipinski definition) is 1. The second kappa shape index (κ2) is 8.25. The summed E-state index contributed by atoms with van der Waals surface area (Å²) >= 11 is 1.82. The quantitative estimate of drug-likeness (QED) is 0.693. The summed E-state index contributed by atoms with van der Waals surface area (Å²) in [5, 5.41) is 12.8. The lowest BCUT2D eigenvalue weighted by Crippen LogP contribution is -3.00. The molecule has 2 aliphatic heterocycles. The zero-order chi connectivity index (χ0) is 18.1. The fraction of sp³-hybridized carbons (Fsp3) is 0.381. The topological polar surface area (TPSA) is 35.7 Å². The Hall–Kier alpha value is -1.50. The number of amidine groups is 1. The molecule has 2 aromatic rings. The standard InChI is InChI=1S/C21H25N2O2S.BrH/c1-3-25-19-8-5-4-7-18(19)22-15-21(24,17-11-9-16(2)10-12-17)23-13-6-14-26-20(22)23;/h4-5,7-12,24H,3,6,13-15H2,1-2H3;1H/q+1;/p-1. The van der Waals surface area contributed by atoms with Gasteiger partial charge in [0.2, 0.25) is 0 Å². The second-order valence-electron chi connectivity index (χ2n) is 6.81. The molecule has 2 aliphatic rings. The highest BCUT2D eigenvalue weighted by molar-refractivity contribution is 8.13. The lowest BCUT2D eigenvalue weighted by atomic mass is 10.0. The first-order valence-corrected chi connectivity index (χ1v) is 10.2. The largest absolute Gasteiger partial charge is 1.00 e. The average molecular weight is 449 g/mol. The van der Waals surface area contributed by atoms with Gasteiger partial charge in [0.1, 0.15) is 0 Å². The van der Waals surface area contributed by atoms with Gasteiger partial charge >= 0.3 is 5.17 Å². The van der Waals surface area contributed by atoms with Crippen LogP contribution in [-0.4, -0.2) is 40.3 Å². The van der Waals surface area contributed by atoms with Gasteiger partial charge in [-0.1, -0.05) is 42.0 Å². The van der Waals surface area contributed by atoms with Gasteiger partial charge in [0, 0.05) is 11.3 Å². The summed E-state index contributed by atoms with van der Waals surface area (Å²) in [6, 6.07) is 16.3. The molecular formula is C21H25BrN2O2S. The molecule has 144 valence electrons. The zero-order valence-electron chi connectivity index (χ0n) is 15.7. The third kappa shape index (κ3) is 3.62. The first kappa shape index (κ1) is 20.2. The molecule has 1 atom stereocenters. The number of benzene rings is 2. The first-order valence-electron chi connectivity index (χ1n) is 9.20. The summed E-state index contributed by atoms with van der Waals surface area (Å²) in [6.45, 7) is 6.06. The van der Waals surface area contributed by atoms with Crippen molar-refractivity contribution in [2.75, 3.05) is 30.3 Å². The first-order chi connectivity index (χ1) is 12.6. The van der Waals surface area contributed by atoms with Gasteiger partial charge in [-0.25, -0.2) is 9.48 Å². The summed E-state index contributed by atoms with van der Waals surface area (Å²) in [6.07, 6.45) is 1.07. The van der Waals surface area contributed by atoms with Gasteiger partial charge in [-0.2, -0.15) is 0 Å². The van der Waals surface area contributed by atoms with Gasteiger partial charge in [-0.15, -0.1) is 0 Å². The molecule has 27 heavy (non-hydrogen) atoms. The SMILES string of the molecule is CCOc1ccccc1N1CC(O)(c2ccc(C)cc2)[N+]2=C1SCCC2.[Br-]. The van der Waals surface area contributed by atoms with Crippen LogP contribution in [0, 0.1) is 6.92 Å². The van der Waals surface area contributed by atoms with Crippen molar-refractivity contribution in [2.45, 2.75) is 26.0 Å². The molecule has 1 N–H and O–H groups in total. The molecule has 0 aliphatic carbocycles. The van der Waals surface area contributed by atoms with Crippen LogP contribution in [0.5, 0.6) is 5.75 Å². The maximum atomic E-state index is 11.7. The molecule has 4 nitrogen and oxygen atoms in total. The monoisotopic (exact) mass is 448 g/mol. The third-order valence-electron chi connectivity index (χ3n) is 5.01. The Morgan fingerprint density at radius 2 is 1.93 bits per heavy atom. The van der Waals surface area contributed by atoms with E-state index >= 15 is 0 Å². The van der Waals surface area contributed by atoms with Crippen molar-refractivity contribution in [3.8, 4) is 5.75 Å². The molecular weight excluding hydrogens is 424 g/mol. The van der Waals surface area contributed by atoms with Gasteiger partial charge < -0.3 is 26.8 Å². The van der Waals surface area contributed by atoms with E-state index in [0.717, 1.165) is 40.9 Å².